The molecule has 0 unspecified atom stereocenters. The van der Waals surface area contributed by atoms with Gasteiger partial charge in [-0.1, -0.05) is 0 Å². The van der Waals surface area contributed by atoms with Crippen LogP contribution in [0.25, 0.3) is 0 Å². The molecular weight excluding hydrogens is 196 g/mol. The maximum atomic E-state index is 11.1. The number of anilines is 1. The summed E-state index contributed by atoms with van der Waals surface area (Å²) in [5, 5.41) is 4.99. The summed E-state index contributed by atoms with van der Waals surface area (Å²) in [6, 6.07) is 6.11. The van der Waals surface area contributed by atoms with Gasteiger partial charge >= 0.3 is 12.0 Å². The van der Waals surface area contributed by atoms with Crippen LogP contribution in [0.1, 0.15) is 10.4 Å². The van der Waals surface area contributed by atoms with Crippen LogP contribution in [0.5, 0.6) is 0 Å². The maximum Gasteiger partial charge on any atom is 0.337 e. The van der Waals surface area contributed by atoms with Crippen molar-refractivity contribution in [2.45, 2.75) is 0 Å². The van der Waals surface area contributed by atoms with Gasteiger partial charge in [0, 0.05) is 12.7 Å². The number of rotatable bonds is 2. The average Bonchev–Trinajstić information content (AvgIpc) is 2.29. The third-order valence-corrected chi connectivity index (χ3v) is 1.79. The van der Waals surface area contributed by atoms with Gasteiger partial charge in [0.2, 0.25) is 0 Å². The van der Waals surface area contributed by atoms with Crippen LogP contribution >= 0.6 is 0 Å². The van der Waals surface area contributed by atoms with E-state index in [0.29, 0.717) is 11.3 Å². The first-order valence-electron chi connectivity index (χ1n) is 4.34. The minimum atomic E-state index is -0.401. The van der Waals surface area contributed by atoms with Crippen LogP contribution in [0.2, 0.25) is 0 Å². The molecule has 0 saturated heterocycles. The quantitative estimate of drug-likeness (QED) is 0.718. The zero-order valence-electron chi connectivity index (χ0n) is 8.53. The van der Waals surface area contributed by atoms with Crippen molar-refractivity contribution in [2.24, 2.45) is 0 Å². The topological polar surface area (TPSA) is 67.4 Å². The molecule has 0 aliphatic carbocycles. The summed E-state index contributed by atoms with van der Waals surface area (Å²) in [7, 11) is 2.84. The Morgan fingerprint density at radius 1 is 1.20 bits per heavy atom. The number of hydrogen-bond acceptors (Lipinski definition) is 3. The first kappa shape index (κ1) is 11.0. The largest absolute Gasteiger partial charge is 0.465 e. The van der Waals surface area contributed by atoms with Crippen molar-refractivity contribution < 1.29 is 14.3 Å². The smallest absolute Gasteiger partial charge is 0.337 e. The molecule has 0 radical (unpaired) electrons. The van der Waals surface area contributed by atoms with Crippen molar-refractivity contribution >= 4 is 17.7 Å². The highest BCUT2D eigenvalue weighted by molar-refractivity contribution is 5.92. The Kier molecular flexibility index (Phi) is 3.68. The molecule has 15 heavy (non-hydrogen) atoms. The van der Waals surface area contributed by atoms with Crippen molar-refractivity contribution in [3.63, 3.8) is 0 Å². The Morgan fingerprint density at radius 2 is 1.80 bits per heavy atom. The van der Waals surface area contributed by atoms with E-state index in [9.17, 15) is 9.59 Å². The Labute approximate surface area is 87.4 Å². The second-order valence-corrected chi connectivity index (χ2v) is 2.77. The summed E-state index contributed by atoms with van der Waals surface area (Å²) >= 11 is 0. The van der Waals surface area contributed by atoms with Gasteiger partial charge in [0.25, 0.3) is 0 Å². The minimum Gasteiger partial charge on any atom is -0.465 e. The molecule has 0 aliphatic rings. The number of hydrogen-bond donors (Lipinski definition) is 2. The van der Waals surface area contributed by atoms with Gasteiger partial charge in [-0.15, -0.1) is 0 Å². The van der Waals surface area contributed by atoms with Crippen LogP contribution in [0, 0.1) is 0 Å². The molecule has 0 heterocycles. The minimum absolute atomic E-state index is 0.305. The number of nitrogens with one attached hydrogen (secondary N) is 2. The van der Waals surface area contributed by atoms with Gasteiger partial charge in [0.1, 0.15) is 0 Å². The molecule has 0 atom stereocenters. The van der Waals surface area contributed by atoms with Crippen molar-refractivity contribution in [1.82, 2.24) is 5.32 Å². The molecule has 0 bridgehead atoms. The van der Waals surface area contributed by atoms with E-state index >= 15 is 0 Å². The number of benzene rings is 1. The second-order valence-electron chi connectivity index (χ2n) is 2.77. The Hall–Kier alpha value is -2.04. The Bertz CT molecular complexity index is 359. The number of esters is 1. The monoisotopic (exact) mass is 208 g/mol. The highest BCUT2D eigenvalue weighted by Gasteiger charge is 2.04. The Balaban J connectivity index is 2.72. The molecule has 0 aromatic heterocycles. The lowest BCUT2D eigenvalue weighted by molar-refractivity contribution is 0.0601. The molecular formula is C10H12N2O3. The number of carbonyl (C=O) groups is 2. The van der Waals surface area contributed by atoms with Crippen molar-refractivity contribution in [3.05, 3.63) is 29.8 Å². The molecule has 0 aliphatic heterocycles. The van der Waals surface area contributed by atoms with Crippen LogP contribution in [0.4, 0.5) is 10.5 Å². The van der Waals surface area contributed by atoms with Crippen LogP contribution in [-0.4, -0.2) is 26.2 Å². The lowest BCUT2D eigenvalue weighted by Crippen LogP contribution is -2.24. The van der Waals surface area contributed by atoms with E-state index < -0.39 is 5.97 Å². The van der Waals surface area contributed by atoms with E-state index in [1.54, 1.807) is 24.3 Å². The number of amides is 2. The number of methoxy groups -OCH3 is 1. The lowest BCUT2D eigenvalue weighted by Gasteiger charge is -2.04. The van der Waals surface area contributed by atoms with E-state index in [-0.39, 0.29) is 6.03 Å². The third-order valence-electron chi connectivity index (χ3n) is 1.79. The van der Waals surface area contributed by atoms with Crippen molar-refractivity contribution in [2.75, 3.05) is 19.5 Å². The van der Waals surface area contributed by atoms with Gasteiger partial charge in [-0.05, 0) is 24.3 Å². The zero-order chi connectivity index (χ0) is 11.3. The molecule has 2 amide bonds. The number of urea groups is 1. The van der Waals surface area contributed by atoms with E-state index in [4.69, 9.17) is 0 Å². The van der Waals surface area contributed by atoms with Crippen LogP contribution in [-0.2, 0) is 4.74 Å². The predicted octanol–water partition coefficient (Wildman–Crippen LogP) is 1.22. The summed E-state index contributed by atoms with van der Waals surface area (Å²) < 4.78 is 4.54. The fourth-order valence-corrected chi connectivity index (χ4v) is 1.00. The van der Waals surface area contributed by atoms with E-state index in [1.807, 2.05) is 0 Å². The fourth-order valence-electron chi connectivity index (χ4n) is 1.00. The first-order chi connectivity index (χ1) is 7.17. The molecule has 0 spiro atoms. The summed E-state index contributed by atoms with van der Waals surface area (Å²) in [5.41, 5.74) is 1.06. The summed E-state index contributed by atoms with van der Waals surface area (Å²) in [5.74, 6) is -0.401. The second kappa shape index (κ2) is 4.99. The molecule has 5 heteroatoms. The van der Waals surface area contributed by atoms with Gasteiger partial charge in [0.15, 0.2) is 0 Å². The van der Waals surface area contributed by atoms with Crippen LogP contribution < -0.4 is 10.6 Å². The average molecular weight is 208 g/mol. The highest BCUT2D eigenvalue weighted by Crippen LogP contribution is 2.09. The van der Waals surface area contributed by atoms with E-state index in [2.05, 4.69) is 15.4 Å². The number of ether oxygens (including phenoxy) is 1. The predicted molar refractivity (Wildman–Crippen MR) is 55.9 cm³/mol. The lowest BCUT2D eigenvalue weighted by atomic mass is 10.2. The molecule has 2 N–H and O–H groups in total. The van der Waals surface area contributed by atoms with Crippen LogP contribution in [0.3, 0.4) is 0 Å². The van der Waals surface area contributed by atoms with E-state index in [1.165, 1.54) is 14.2 Å². The molecule has 1 aromatic rings. The SMILES string of the molecule is CNC(=O)Nc1ccc(C(=O)OC)cc1. The first-order valence-corrected chi connectivity index (χ1v) is 4.34. The summed E-state index contributed by atoms with van der Waals surface area (Å²) in [6.07, 6.45) is 0. The van der Waals surface area contributed by atoms with Crippen molar-refractivity contribution in [3.8, 4) is 0 Å². The zero-order valence-corrected chi connectivity index (χ0v) is 8.53. The standard InChI is InChI=1S/C10H12N2O3/c1-11-10(14)12-8-5-3-7(4-6-8)9(13)15-2/h3-6H,1-2H3,(H2,11,12,14). The van der Waals surface area contributed by atoms with Gasteiger partial charge in [-0.3, -0.25) is 0 Å². The maximum absolute atomic E-state index is 11.1. The van der Waals surface area contributed by atoms with Gasteiger partial charge in [0.05, 0.1) is 12.7 Å². The van der Waals surface area contributed by atoms with Gasteiger partial charge in [-0.25, -0.2) is 9.59 Å². The third kappa shape index (κ3) is 2.98. The molecule has 5 nitrogen and oxygen atoms in total. The highest BCUT2D eigenvalue weighted by atomic mass is 16.5. The fraction of sp³-hybridized carbons (Fsp3) is 0.200. The summed E-state index contributed by atoms with van der Waals surface area (Å²) in [6.45, 7) is 0. The van der Waals surface area contributed by atoms with Gasteiger partial charge < -0.3 is 15.4 Å². The molecule has 0 fully saturated rings. The summed E-state index contributed by atoms with van der Waals surface area (Å²) in [4.78, 5) is 22.0. The molecule has 80 valence electrons. The Morgan fingerprint density at radius 3 is 2.27 bits per heavy atom. The molecule has 1 rings (SSSR count). The van der Waals surface area contributed by atoms with E-state index in [0.717, 1.165) is 0 Å². The van der Waals surface area contributed by atoms with Gasteiger partial charge in [-0.2, -0.15) is 0 Å². The van der Waals surface area contributed by atoms with Crippen molar-refractivity contribution in [1.29, 1.82) is 0 Å². The molecule has 1 aromatic carbocycles. The van der Waals surface area contributed by atoms with Crippen LogP contribution in [0.15, 0.2) is 24.3 Å². The number of carbonyl (C=O) groups excluding carboxylic acids is 2. The normalized spacial score (nSPS) is 9.20. The molecule has 0 saturated carbocycles.